The number of hydrogen-bond donors (Lipinski definition) is 0. The Labute approximate surface area is 86.4 Å². The molecule has 1 aromatic rings. The average molecular weight is 188 g/mol. The molecule has 0 bridgehead atoms. The third-order valence-corrected chi connectivity index (χ3v) is 2.56. The molecule has 1 saturated heterocycles. The van der Waals surface area contributed by atoms with Crippen LogP contribution in [0.3, 0.4) is 0 Å². The van der Waals surface area contributed by atoms with Gasteiger partial charge in [0.05, 0.1) is 19.3 Å². The first-order valence-electron chi connectivity index (χ1n) is 4.98. The lowest BCUT2D eigenvalue weighted by Gasteiger charge is -2.23. The summed E-state index contributed by atoms with van der Waals surface area (Å²) < 4.78 is 11.1. The van der Waals surface area contributed by atoms with Crippen LogP contribution in [0.5, 0.6) is 0 Å². The molecule has 1 aliphatic heterocycles. The molecule has 1 aliphatic rings. The molecule has 0 amide bonds. The van der Waals surface area contributed by atoms with Gasteiger partial charge in [-0.05, 0) is 5.56 Å². The Morgan fingerprint density at radius 3 is 2.57 bits per heavy atom. The van der Waals surface area contributed by atoms with Gasteiger partial charge in [0.2, 0.25) is 0 Å². The monoisotopic (exact) mass is 188 g/mol. The number of rotatable bonds is 4. The summed E-state index contributed by atoms with van der Waals surface area (Å²) in [4.78, 5) is 0. The van der Waals surface area contributed by atoms with Crippen molar-refractivity contribution in [2.45, 2.75) is 18.1 Å². The van der Waals surface area contributed by atoms with Gasteiger partial charge in [-0.25, -0.2) is 0 Å². The second kappa shape index (κ2) is 3.79. The van der Waals surface area contributed by atoms with Crippen molar-refractivity contribution >= 4 is 15.7 Å². The zero-order valence-electron chi connectivity index (χ0n) is 8.69. The van der Waals surface area contributed by atoms with Gasteiger partial charge in [0.1, 0.15) is 15.7 Å². The molecule has 0 spiro atoms. The Morgan fingerprint density at radius 1 is 1.36 bits per heavy atom. The highest BCUT2D eigenvalue weighted by Crippen LogP contribution is 2.23. The molecule has 1 unspecified atom stereocenters. The van der Waals surface area contributed by atoms with Gasteiger partial charge in [-0.2, -0.15) is 0 Å². The van der Waals surface area contributed by atoms with Gasteiger partial charge < -0.3 is 9.47 Å². The molecule has 1 fully saturated rings. The topological polar surface area (TPSA) is 21.8 Å². The van der Waals surface area contributed by atoms with E-state index < -0.39 is 0 Å². The Bertz CT molecular complexity index is 296. The lowest BCUT2D eigenvalue weighted by Crippen LogP contribution is -2.39. The lowest BCUT2D eigenvalue weighted by molar-refractivity contribution is 0.0441. The average Bonchev–Trinajstić information content (AvgIpc) is 3.00. The minimum absolute atomic E-state index is 0.157. The zero-order valence-corrected chi connectivity index (χ0v) is 8.69. The molecule has 0 saturated carbocycles. The maximum Gasteiger partial charge on any atom is 0.135 e. The molecular formula is C10H14B2O2. The summed E-state index contributed by atoms with van der Waals surface area (Å²) in [6.45, 7) is 1.50. The van der Waals surface area contributed by atoms with E-state index in [2.05, 4.69) is 27.8 Å². The van der Waals surface area contributed by atoms with Crippen molar-refractivity contribution in [2.24, 2.45) is 0 Å². The summed E-state index contributed by atoms with van der Waals surface area (Å²) in [7, 11) is 4.15. The van der Waals surface area contributed by atoms with E-state index in [0.717, 1.165) is 6.61 Å². The van der Waals surface area contributed by atoms with Gasteiger partial charge in [0.15, 0.2) is 0 Å². The third kappa shape index (κ3) is 2.40. The van der Waals surface area contributed by atoms with Crippen molar-refractivity contribution in [3.63, 3.8) is 0 Å². The van der Waals surface area contributed by atoms with Crippen LogP contribution in [0, 0.1) is 0 Å². The van der Waals surface area contributed by atoms with Crippen LogP contribution in [0.4, 0.5) is 0 Å². The van der Waals surface area contributed by atoms with Crippen LogP contribution >= 0.6 is 0 Å². The second-order valence-corrected chi connectivity index (χ2v) is 4.20. The van der Waals surface area contributed by atoms with Crippen molar-refractivity contribution < 1.29 is 9.47 Å². The summed E-state index contributed by atoms with van der Waals surface area (Å²) in [6, 6.07) is 10.2. The molecule has 14 heavy (non-hydrogen) atoms. The van der Waals surface area contributed by atoms with Gasteiger partial charge in [0, 0.05) is 5.40 Å². The SMILES string of the molecule is BC(B)(OCc1ccccc1)C1CO1. The first-order chi connectivity index (χ1) is 6.68. The predicted octanol–water partition coefficient (Wildman–Crippen LogP) is -0.478. The zero-order chi connectivity index (χ0) is 10.0. The van der Waals surface area contributed by atoms with Crippen molar-refractivity contribution in [1.82, 2.24) is 0 Å². The normalized spacial score (nSPS) is 20.7. The van der Waals surface area contributed by atoms with E-state index in [-0.39, 0.29) is 11.5 Å². The molecule has 1 aromatic carbocycles. The fraction of sp³-hybridized carbons (Fsp3) is 0.400. The fourth-order valence-corrected chi connectivity index (χ4v) is 1.39. The van der Waals surface area contributed by atoms with Crippen LogP contribution in [0.25, 0.3) is 0 Å². The molecule has 72 valence electrons. The first kappa shape index (κ1) is 9.81. The summed E-state index contributed by atoms with van der Waals surface area (Å²) in [5.74, 6) is 0. The van der Waals surface area contributed by atoms with Gasteiger partial charge in [-0.15, -0.1) is 0 Å². The molecule has 1 atom stereocenters. The van der Waals surface area contributed by atoms with E-state index in [1.54, 1.807) is 0 Å². The highest BCUT2D eigenvalue weighted by atomic mass is 16.6. The quantitative estimate of drug-likeness (QED) is 0.470. The predicted molar refractivity (Wildman–Crippen MR) is 60.8 cm³/mol. The number of hydrogen-bond acceptors (Lipinski definition) is 2. The van der Waals surface area contributed by atoms with E-state index in [4.69, 9.17) is 9.47 Å². The summed E-state index contributed by atoms with van der Waals surface area (Å²) in [5.41, 5.74) is 1.21. The fourth-order valence-electron chi connectivity index (χ4n) is 1.39. The van der Waals surface area contributed by atoms with Gasteiger partial charge in [-0.3, -0.25) is 0 Å². The number of epoxide rings is 1. The second-order valence-electron chi connectivity index (χ2n) is 4.20. The molecule has 0 aliphatic carbocycles. The van der Waals surface area contributed by atoms with Crippen molar-refractivity contribution in [2.75, 3.05) is 6.61 Å². The van der Waals surface area contributed by atoms with Crippen LogP contribution in [0.15, 0.2) is 30.3 Å². The largest absolute Gasteiger partial charge is 0.385 e. The third-order valence-electron chi connectivity index (χ3n) is 2.56. The van der Waals surface area contributed by atoms with Gasteiger partial charge in [-0.1, -0.05) is 30.3 Å². The van der Waals surface area contributed by atoms with E-state index in [0.29, 0.717) is 6.61 Å². The maximum atomic E-state index is 5.81. The van der Waals surface area contributed by atoms with Crippen molar-refractivity contribution in [3.8, 4) is 0 Å². The van der Waals surface area contributed by atoms with E-state index in [1.807, 2.05) is 18.2 Å². The number of benzene rings is 1. The van der Waals surface area contributed by atoms with Gasteiger partial charge >= 0.3 is 0 Å². The summed E-state index contributed by atoms with van der Waals surface area (Å²) in [5, 5.41) is -0.157. The van der Waals surface area contributed by atoms with Crippen LogP contribution in [-0.4, -0.2) is 33.8 Å². The standard InChI is InChI=1S/C10H14B2O2/c11-10(12,9-7-13-9)14-6-8-4-2-1-3-5-8/h1-5,9H,6-7,11-12H2. The van der Waals surface area contributed by atoms with Crippen LogP contribution in [0.1, 0.15) is 5.56 Å². The van der Waals surface area contributed by atoms with Crippen LogP contribution in [0.2, 0.25) is 0 Å². The molecule has 0 aromatic heterocycles. The Balaban J connectivity index is 1.87. The lowest BCUT2D eigenvalue weighted by atomic mass is 9.63. The van der Waals surface area contributed by atoms with Crippen molar-refractivity contribution in [3.05, 3.63) is 35.9 Å². The molecule has 0 N–H and O–H groups in total. The highest BCUT2D eigenvalue weighted by molar-refractivity contribution is 6.39. The van der Waals surface area contributed by atoms with E-state index >= 15 is 0 Å². The molecule has 2 rings (SSSR count). The highest BCUT2D eigenvalue weighted by Gasteiger charge is 2.39. The Hall–Kier alpha value is -0.730. The maximum absolute atomic E-state index is 5.81. The van der Waals surface area contributed by atoms with Crippen LogP contribution in [-0.2, 0) is 16.1 Å². The Morgan fingerprint density at radius 2 is 2.00 bits per heavy atom. The molecular weight excluding hydrogens is 174 g/mol. The first-order valence-corrected chi connectivity index (χ1v) is 4.98. The number of ether oxygens (including phenoxy) is 2. The van der Waals surface area contributed by atoms with E-state index in [9.17, 15) is 0 Å². The summed E-state index contributed by atoms with van der Waals surface area (Å²) >= 11 is 0. The molecule has 4 heteroatoms. The minimum Gasteiger partial charge on any atom is -0.385 e. The molecule has 0 radical (unpaired) electrons. The molecule has 1 heterocycles. The van der Waals surface area contributed by atoms with Gasteiger partial charge in [0.25, 0.3) is 0 Å². The minimum atomic E-state index is -0.157. The Kier molecular flexibility index (Phi) is 2.66. The smallest absolute Gasteiger partial charge is 0.135 e. The van der Waals surface area contributed by atoms with Crippen molar-refractivity contribution in [1.29, 1.82) is 0 Å². The van der Waals surface area contributed by atoms with E-state index in [1.165, 1.54) is 5.56 Å². The molecule has 2 nitrogen and oxygen atoms in total. The van der Waals surface area contributed by atoms with Crippen LogP contribution < -0.4 is 0 Å². The summed E-state index contributed by atoms with van der Waals surface area (Å²) in [6.07, 6.45) is 0.284.